The number of ether oxygens (including phenoxy) is 5. The summed E-state index contributed by atoms with van der Waals surface area (Å²) in [4.78, 5) is 13.7. The van der Waals surface area contributed by atoms with Gasteiger partial charge < -0.3 is 74.1 Å². The van der Waals surface area contributed by atoms with Crippen molar-refractivity contribution in [1.29, 1.82) is 0 Å². The number of aliphatic hydroxyl groups is 6. The van der Waals surface area contributed by atoms with Crippen LogP contribution in [0.4, 0.5) is 0 Å². The Hall–Kier alpha value is -3.71. The van der Waals surface area contributed by atoms with Gasteiger partial charge in [-0.2, -0.15) is 0 Å². The molecular weight excluding hydrogens is 592 g/mol. The third kappa shape index (κ3) is 5.74. The lowest BCUT2D eigenvalue weighted by Crippen LogP contribution is -2.61. The first-order chi connectivity index (χ1) is 20.8. The summed E-state index contributed by atoms with van der Waals surface area (Å²) >= 11 is 0. The highest BCUT2D eigenvalue weighted by Gasteiger charge is 2.47. The molecule has 0 saturated carbocycles. The molecule has 0 aliphatic carbocycles. The van der Waals surface area contributed by atoms with Gasteiger partial charge in [-0.3, -0.25) is 4.79 Å². The van der Waals surface area contributed by atoms with E-state index in [1.807, 2.05) is 0 Å². The van der Waals surface area contributed by atoms with Gasteiger partial charge in [-0.1, -0.05) is 0 Å². The fourth-order valence-corrected chi connectivity index (χ4v) is 4.99. The molecule has 16 heteroatoms. The molecule has 2 aliphatic heterocycles. The molecule has 0 amide bonds. The molecule has 0 bridgehead atoms. The molecular formula is C28H32O16. The van der Waals surface area contributed by atoms with Crippen LogP contribution in [-0.4, -0.2) is 121 Å². The van der Waals surface area contributed by atoms with E-state index in [0.717, 1.165) is 12.1 Å². The van der Waals surface area contributed by atoms with Crippen LogP contribution in [-0.2, 0) is 14.2 Å². The summed E-state index contributed by atoms with van der Waals surface area (Å²) < 4.78 is 33.2. The molecule has 3 heterocycles. The maximum Gasteiger partial charge on any atom is 0.239 e. The standard InChI is InChI=1S/C28H32O16/c1-9-18(32)21(35)23(37)27(41-9)40-8-16-19(33)22(36)24(38)28(43-16)44-26-20(34)17-13(31)6-11(29)7-15(17)42-25(26)10-3-4-12(30)14(5-10)39-2/h3-7,9,16,18-19,21-24,27-33,35-38H,8H2,1-2H3/t9-,16-,18+,19+,21-,22-,23-,24+,27-,28+/m0/s1. The molecule has 44 heavy (non-hydrogen) atoms. The average molecular weight is 625 g/mol. The van der Waals surface area contributed by atoms with E-state index in [1.165, 1.54) is 32.2 Å². The van der Waals surface area contributed by atoms with Crippen molar-refractivity contribution in [3.8, 4) is 40.1 Å². The van der Waals surface area contributed by atoms with Crippen LogP contribution in [0, 0.1) is 0 Å². The number of aliphatic hydroxyl groups excluding tert-OH is 6. The van der Waals surface area contributed by atoms with Gasteiger partial charge in [-0.05, 0) is 25.1 Å². The third-order valence-electron chi connectivity index (χ3n) is 7.50. The van der Waals surface area contributed by atoms with Crippen LogP contribution in [0.2, 0.25) is 0 Å². The van der Waals surface area contributed by atoms with Crippen molar-refractivity contribution < 1.29 is 74.1 Å². The molecule has 9 N–H and O–H groups in total. The van der Waals surface area contributed by atoms with E-state index in [0.29, 0.717) is 0 Å². The summed E-state index contributed by atoms with van der Waals surface area (Å²) in [6, 6.07) is 5.83. The zero-order chi connectivity index (χ0) is 32.0. The Kier molecular flexibility index (Phi) is 8.90. The first-order valence-corrected chi connectivity index (χ1v) is 13.4. The molecule has 2 fully saturated rings. The lowest BCUT2D eigenvalue weighted by atomic mass is 9.98. The number of rotatable bonds is 7. The van der Waals surface area contributed by atoms with Crippen molar-refractivity contribution in [3.63, 3.8) is 0 Å². The predicted octanol–water partition coefficient (Wildman–Crippen LogP) is -1.38. The Morgan fingerprint density at radius 3 is 2.18 bits per heavy atom. The van der Waals surface area contributed by atoms with Crippen molar-refractivity contribution in [2.24, 2.45) is 0 Å². The van der Waals surface area contributed by atoms with E-state index in [4.69, 9.17) is 28.1 Å². The highest BCUT2D eigenvalue weighted by Crippen LogP contribution is 2.39. The fraction of sp³-hybridized carbons (Fsp3) is 0.464. The molecule has 3 aromatic rings. The molecule has 0 radical (unpaired) electrons. The molecule has 1 aromatic heterocycles. The summed E-state index contributed by atoms with van der Waals surface area (Å²) in [6.07, 6.45) is -16.0. The topological polar surface area (TPSA) is 258 Å². The van der Waals surface area contributed by atoms with Crippen molar-refractivity contribution in [2.75, 3.05) is 13.7 Å². The number of hydrogen-bond acceptors (Lipinski definition) is 16. The van der Waals surface area contributed by atoms with E-state index in [1.54, 1.807) is 0 Å². The van der Waals surface area contributed by atoms with Crippen molar-refractivity contribution in [3.05, 3.63) is 40.6 Å². The number of phenols is 3. The smallest absolute Gasteiger partial charge is 0.239 e. The van der Waals surface area contributed by atoms with Crippen molar-refractivity contribution >= 4 is 11.0 Å². The molecule has 0 unspecified atom stereocenters. The van der Waals surface area contributed by atoms with Gasteiger partial charge in [0.25, 0.3) is 0 Å². The second kappa shape index (κ2) is 12.4. The minimum absolute atomic E-state index is 0.0151. The number of benzene rings is 2. The molecule has 0 spiro atoms. The zero-order valence-corrected chi connectivity index (χ0v) is 23.3. The average Bonchev–Trinajstić information content (AvgIpc) is 2.98. The highest BCUT2D eigenvalue weighted by atomic mass is 16.7. The summed E-state index contributed by atoms with van der Waals surface area (Å²) in [5, 5.41) is 92.1. The van der Waals surface area contributed by atoms with Gasteiger partial charge >= 0.3 is 0 Å². The van der Waals surface area contributed by atoms with E-state index in [2.05, 4.69) is 0 Å². The number of aromatic hydroxyl groups is 3. The minimum Gasteiger partial charge on any atom is -0.508 e. The number of hydrogen-bond donors (Lipinski definition) is 9. The van der Waals surface area contributed by atoms with Crippen LogP contribution < -0.4 is 14.9 Å². The fourth-order valence-electron chi connectivity index (χ4n) is 4.99. The maximum absolute atomic E-state index is 13.7. The Balaban J connectivity index is 1.49. The number of phenolic OH excluding ortho intramolecular Hbond substituents is 3. The van der Waals surface area contributed by atoms with E-state index in [9.17, 15) is 50.8 Å². The quantitative estimate of drug-likeness (QED) is 0.147. The number of fused-ring (bicyclic) bond motifs is 1. The molecule has 10 atom stereocenters. The zero-order valence-electron chi connectivity index (χ0n) is 23.3. The van der Waals surface area contributed by atoms with Gasteiger partial charge in [0, 0.05) is 17.7 Å². The summed E-state index contributed by atoms with van der Waals surface area (Å²) in [7, 11) is 1.28. The lowest BCUT2D eigenvalue weighted by molar-refractivity contribution is -0.318. The monoisotopic (exact) mass is 624 g/mol. The van der Waals surface area contributed by atoms with Gasteiger partial charge in [0.1, 0.15) is 65.2 Å². The van der Waals surface area contributed by atoms with E-state index >= 15 is 0 Å². The van der Waals surface area contributed by atoms with Crippen LogP contribution in [0.25, 0.3) is 22.3 Å². The Morgan fingerprint density at radius 1 is 0.795 bits per heavy atom. The van der Waals surface area contributed by atoms with Crippen LogP contribution >= 0.6 is 0 Å². The van der Waals surface area contributed by atoms with E-state index in [-0.39, 0.29) is 28.4 Å². The Labute approximate surface area is 248 Å². The van der Waals surface area contributed by atoms with Gasteiger partial charge in [0.2, 0.25) is 17.5 Å². The second-order valence-electron chi connectivity index (χ2n) is 10.5. The van der Waals surface area contributed by atoms with E-state index < -0.39 is 96.1 Å². The second-order valence-corrected chi connectivity index (χ2v) is 10.5. The van der Waals surface area contributed by atoms with Gasteiger partial charge in [-0.15, -0.1) is 0 Å². The summed E-state index contributed by atoms with van der Waals surface area (Å²) in [5.74, 6) is -2.28. The minimum atomic E-state index is -1.94. The molecule has 5 rings (SSSR count). The van der Waals surface area contributed by atoms with Gasteiger partial charge in [0.05, 0.1) is 19.8 Å². The number of methoxy groups -OCH3 is 1. The first-order valence-electron chi connectivity index (χ1n) is 13.4. The van der Waals surface area contributed by atoms with Gasteiger partial charge in [0.15, 0.2) is 23.5 Å². The Bertz CT molecular complexity index is 1560. The largest absolute Gasteiger partial charge is 0.508 e. The van der Waals surface area contributed by atoms with Gasteiger partial charge in [-0.25, -0.2) is 0 Å². The molecule has 2 saturated heterocycles. The molecule has 240 valence electrons. The van der Waals surface area contributed by atoms with Crippen molar-refractivity contribution in [2.45, 2.75) is 68.3 Å². The normalized spacial score (nSPS) is 32.5. The first kappa shape index (κ1) is 31.7. The predicted molar refractivity (Wildman–Crippen MR) is 145 cm³/mol. The van der Waals surface area contributed by atoms with Crippen LogP contribution in [0.5, 0.6) is 28.7 Å². The highest BCUT2D eigenvalue weighted by molar-refractivity contribution is 5.88. The van der Waals surface area contributed by atoms with Crippen molar-refractivity contribution in [1.82, 2.24) is 0 Å². The SMILES string of the molecule is COc1cc(-c2oc3cc(O)cc(O)c3c(=O)c2O[C@H]2O[C@@H](CO[C@H]3O[C@@H](C)[C@@H](O)[C@H](O)[C@@H]3O)[C@@H](O)[C@H](O)[C@H]2O)ccc1O. The maximum atomic E-state index is 13.7. The summed E-state index contributed by atoms with van der Waals surface area (Å²) in [5.41, 5.74) is -1.11. The van der Waals surface area contributed by atoms with Crippen LogP contribution in [0.1, 0.15) is 6.92 Å². The van der Waals surface area contributed by atoms with Crippen LogP contribution in [0.3, 0.4) is 0 Å². The van der Waals surface area contributed by atoms with Crippen LogP contribution in [0.15, 0.2) is 39.5 Å². The molecule has 2 aromatic carbocycles. The lowest BCUT2D eigenvalue weighted by Gasteiger charge is -2.42. The molecule has 16 nitrogen and oxygen atoms in total. The third-order valence-corrected chi connectivity index (χ3v) is 7.50. The Morgan fingerprint density at radius 2 is 1.48 bits per heavy atom. The molecule has 2 aliphatic rings. The summed E-state index contributed by atoms with van der Waals surface area (Å²) in [6.45, 7) is 0.845.